The summed E-state index contributed by atoms with van der Waals surface area (Å²) < 4.78 is 6.89. The summed E-state index contributed by atoms with van der Waals surface area (Å²) in [5.41, 5.74) is 2.35. The minimum Gasteiger partial charge on any atom is -0.380 e. The molecule has 2 aromatic rings. The predicted molar refractivity (Wildman–Crippen MR) is 88.5 cm³/mol. The van der Waals surface area contributed by atoms with E-state index in [0.29, 0.717) is 18.1 Å². The second-order valence-electron chi connectivity index (χ2n) is 6.72. The van der Waals surface area contributed by atoms with Crippen molar-refractivity contribution in [2.75, 3.05) is 11.9 Å². The van der Waals surface area contributed by atoms with Crippen molar-refractivity contribution >= 4 is 32.5 Å². The van der Waals surface area contributed by atoms with Crippen molar-refractivity contribution in [3.05, 3.63) is 34.9 Å². The zero-order valence-corrected chi connectivity index (χ0v) is 13.9. The Bertz CT molecular complexity index is 700. The second kappa shape index (κ2) is 4.68. The first-order valence-electron chi connectivity index (χ1n) is 7.50. The number of nitrogens with zero attached hydrogens (tertiary/aromatic N) is 1. The number of hydrogen-bond donors (Lipinski definition) is 1. The topological polar surface area (TPSA) is 34.2 Å². The fraction of sp³-hybridized carbons (Fsp3) is 0.471. The third kappa shape index (κ3) is 2.00. The number of para-hydroxylation sites is 1. The smallest absolute Gasteiger partial charge is 0.0934 e. The van der Waals surface area contributed by atoms with Crippen molar-refractivity contribution in [1.82, 2.24) is 4.98 Å². The maximum atomic E-state index is 5.88. The van der Waals surface area contributed by atoms with Gasteiger partial charge in [0.05, 0.1) is 17.3 Å². The number of hydrogen-bond acceptors (Lipinski definition) is 3. The van der Waals surface area contributed by atoms with Crippen molar-refractivity contribution < 1.29 is 4.74 Å². The van der Waals surface area contributed by atoms with Crippen molar-refractivity contribution in [2.45, 2.75) is 32.4 Å². The first-order valence-corrected chi connectivity index (χ1v) is 8.29. The van der Waals surface area contributed by atoms with E-state index in [9.17, 15) is 0 Å². The van der Waals surface area contributed by atoms with E-state index in [1.54, 1.807) is 0 Å². The molecule has 2 heterocycles. The van der Waals surface area contributed by atoms with Crippen LogP contribution in [0, 0.1) is 11.3 Å². The van der Waals surface area contributed by atoms with Gasteiger partial charge in [0.15, 0.2) is 0 Å². The summed E-state index contributed by atoms with van der Waals surface area (Å²) in [5.74, 6) is 0.630. The summed E-state index contributed by atoms with van der Waals surface area (Å²) in [4.78, 5) is 4.58. The highest BCUT2D eigenvalue weighted by atomic mass is 79.9. The molecule has 1 saturated heterocycles. The first-order chi connectivity index (χ1) is 10.1. The molecule has 3 unspecified atom stereocenters. The van der Waals surface area contributed by atoms with E-state index in [4.69, 9.17) is 4.74 Å². The maximum Gasteiger partial charge on any atom is 0.0934 e. The van der Waals surface area contributed by atoms with Crippen LogP contribution in [0.25, 0.3) is 10.9 Å². The Kier molecular flexibility index (Phi) is 3.02. The monoisotopic (exact) mass is 346 g/mol. The maximum absolute atomic E-state index is 5.88. The quantitative estimate of drug-likeness (QED) is 0.883. The van der Waals surface area contributed by atoms with Gasteiger partial charge in [0, 0.05) is 40.0 Å². The number of benzene rings is 1. The Morgan fingerprint density at radius 2 is 2.24 bits per heavy atom. The van der Waals surface area contributed by atoms with Gasteiger partial charge in [-0.2, -0.15) is 0 Å². The first kappa shape index (κ1) is 13.5. The number of ether oxygens (including phenoxy) is 1. The van der Waals surface area contributed by atoms with Gasteiger partial charge in [-0.15, -0.1) is 0 Å². The highest BCUT2D eigenvalue weighted by Gasteiger charge is 2.59. The molecule has 110 valence electrons. The minimum atomic E-state index is 0.179. The zero-order chi connectivity index (χ0) is 14.6. The van der Waals surface area contributed by atoms with Crippen LogP contribution in [-0.4, -0.2) is 23.7 Å². The average Bonchev–Trinajstić information content (AvgIpc) is 2.91. The van der Waals surface area contributed by atoms with Gasteiger partial charge in [-0.3, -0.25) is 4.98 Å². The lowest BCUT2D eigenvalue weighted by atomic mass is 9.57. The highest BCUT2D eigenvalue weighted by Crippen LogP contribution is 2.53. The van der Waals surface area contributed by atoms with Gasteiger partial charge < -0.3 is 10.1 Å². The molecule has 1 saturated carbocycles. The Morgan fingerprint density at radius 3 is 3.10 bits per heavy atom. The Hall–Kier alpha value is -1.13. The van der Waals surface area contributed by atoms with Gasteiger partial charge >= 0.3 is 0 Å². The number of aromatic nitrogens is 1. The van der Waals surface area contributed by atoms with E-state index in [2.05, 4.69) is 64.3 Å². The fourth-order valence-electron chi connectivity index (χ4n) is 4.04. The van der Waals surface area contributed by atoms with Gasteiger partial charge in [-0.1, -0.05) is 26.0 Å². The zero-order valence-electron chi connectivity index (χ0n) is 12.3. The molecule has 0 spiro atoms. The molecular formula is C17H19BrN2O. The van der Waals surface area contributed by atoms with Crippen LogP contribution in [0.2, 0.25) is 0 Å². The number of pyridine rings is 1. The van der Waals surface area contributed by atoms with E-state index in [0.717, 1.165) is 34.1 Å². The molecule has 4 rings (SSSR count). The standard InChI is InChI=1S/C17H19BrN2O/c1-17(2)15(12-6-7-21-16(12)17)20-13-5-3-4-10-8-11(18)9-19-14(10)13/h3-5,8-9,12,15-16,20H,6-7H2,1-2H3. The van der Waals surface area contributed by atoms with Crippen molar-refractivity contribution in [2.24, 2.45) is 11.3 Å². The lowest BCUT2D eigenvalue weighted by Gasteiger charge is -2.55. The van der Waals surface area contributed by atoms with Crippen molar-refractivity contribution in [3.8, 4) is 0 Å². The summed E-state index contributed by atoms with van der Waals surface area (Å²) >= 11 is 3.49. The van der Waals surface area contributed by atoms with Crippen LogP contribution >= 0.6 is 15.9 Å². The van der Waals surface area contributed by atoms with E-state index in [1.807, 2.05) is 6.20 Å². The molecule has 1 aliphatic carbocycles. The minimum absolute atomic E-state index is 0.179. The molecular weight excluding hydrogens is 328 g/mol. The van der Waals surface area contributed by atoms with E-state index in [1.165, 1.54) is 0 Å². The van der Waals surface area contributed by atoms with E-state index < -0.39 is 0 Å². The summed E-state index contributed by atoms with van der Waals surface area (Å²) in [6.45, 7) is 5.50. The SMILES string of the molecule is CC1(C)C(Nc2cccc3cc(Br)cnc23)C2CCOC21. The van der Waals surface area contributed by atoms with Gasteiger partial charge in [-0.25, -0.2) is 0 Å². The molecule has 1 aliphatic heterocycles. The molecule has 1 N–H and O–H groups in total. The van der Waals surface area contributed by atoms with Crippen LogP contribution in [0.4, 0.5) is 5.69 Å². The Balaban J connectivity index is 1.69. The molecule has 2 aliphatic rings. The normalized spacial score (nSPS) is 30.0. The fourth-order valence-corrected chi connectivity index (χ4v) is 4.38. The molecule has 0 bridgehead atoms. The Labute approximate surface area is 133 Å². The van der Waals surface area contributed by atoms with Crippen molar-refractivity contribution in [1.29, 1.82) is 0 Å². The third-order valence-corrected chi connectivity index (χ3v) is 5.52. The molecule has 1 aromatic heterocycles. The summed E-state index contributed by atoms with van der Waals surface area (Å²) in [7, 11) is 0. The molecule has 21 heavy (non-hydrogen) atoms. The van der Waals surface area contributed by atoms with Crippen LogP contribution in [0.5, 0.6) is 0 Å². The lowest BCUT2D eigenvalue weighted by molar-refractivity contribution is -0.0922. The molecule has 0 amide bonds. The third-order valence-electron chi connectivity index (χ3n) is 5.09. The van der Waals surface area contributed by atoms with Crippen LogP contribution < -0.4 is 5.32 Å². The molecule has 3 nitrogen and oxygen atoms in total. The van der Waals surface area contributed by atoms with Crippen LogP contribution in [-0.2, 0) is 4.74 Å². The number of anilines is 1. The van der Waals surface area contributed by atoms with Gasteiger partial charge in [0.25, 0.3) is 0 Å². The summed E-state index contributed by atoms with van der Waals surface area (Å²) in [6, 6.07) is 8.89. The van der Waals surface area contributed by atoms with Gasteiger partial charge in [0.1, 0.15) is 0 Å². The number of fused-ring (bicyclic) bond motifs is 2. The van der Waals surface area contributed by atoms with E-state index >= 15 is 0 Å². The van der Waals surface area contributed by atoms with E-state index in [-0.39, 0.29) is 5.41 Å². The average molecular weight is 347 g/mol. The second-order valence-corrected chi connectivity index (χ2v) is 7.63. The van der Waals surface area contributed by atoms with Crippen molar-refractivity contribution in [3.63, 3.8) is 0 Å². The van der Waals surface area contributed by atoms with Crippen LogP contribution in [0.1, 0.15) is 20.3 Å². The number of rotatable bonds is 2. The van der Waals surface area contributed by atoms with Crippen LogP contribution in [0.15, 0.2) is 34.9 Å². The van der Waals surface area contributed by atoms with Crippen LogP contribution in [0.3, 0.4) is 0 Å². The summed E-state index contributed by atoms with van der Waals surface area (Å²) in [6.07, 6.45) is 3.43. The molecule has 0 radical (unpaired) electrons. The predicted octanol–water partition coefficient (Wildman–Crippen LogP) is 4.22. The lowest BCUT2D eigenvalue weighted by Crippen LogP contribution is -2.63. The molecule has 4 heteroatoms. The summed E-state index contributed by atoms with van der Waals surface area (Å²) in [5, 5.41) is 4.90. The molecule has 3 atom stereocenters. The molecule has 2 fully saturated rings. The number of nitrogens with one attached hydrogen (secondary N) is 1. The number of halogens is 1. The van der Waals surface area contributed by atoms with Gasteiger partial charge in [0.2, 0.25) is 0 Å². The highest BCUT2D eigenvalue weighted by molar-refractivity contribution is 9.10. The molecule has 1 aromatic carbocycles. The Morgan fingerprint density at radius 1 is 1.38 bits per heavy atom. The largest absolute Gasteiger partial charge is 0.380 e. The van der Waals surface area contributed by atoms with Gasteiger partial charge in [-0.05, 0) is 34.5 Å².